The van der Waals surface area contributed by atoms with Gasteiger partial charge in [-0.2, -0.15) is 0 Å². The number of unbranched alkanes of at least 4 members (excludes halogenated alkanes) is 1. The van der Waals surface area contributed by atoms with Crippen LogP contribution >= 0.6 is 0 Å². The Morgan fingerprint density at radius 3 is 3.12 bits per heavy atom. The number of ether oxygens (including phenoxy) is 2. The lowest BCUT2D eigenvalue weighted by Crippen LogP contribution is -2.04. The third kappa shape index (κ3) is 3.73. The summed E-state index contributed by atoms with van der Waals surface area (Å²) in [6.07, 6.45) is 5.14. The van der Waals surface area contributed by atoms with Gasteiger partial charge in [0.15, 0.2) is 0 Å². The van der Waals surface area contributed by atoms with Crippen molar-refractivity contribution in [1.29, 1.82) is 0 Å². The van der Waals surface area contributed by atoms with Crippen LogP contribution < -0.4 is 4.74 Å². The molecule has 0 aliphatic rings. The molecule has 0 atom stereocenters. The Kier molecular flexibility index (Phi) is 5.05. The van der Waals surface area contributed by atoms with Crippen LogP contribution in [0.15, 0.2) is 31.0 Å². The highest BCUT2D eigenvalue weighted by molar-refractivity contribution is 5.89. The Bertz CT molecular complexity index is 363. The van der Waals surface area contributed by atoms with Gasteiger partial charge < -0.3 is 9.47 Å². The Hall–Kier alpha value is -1.84. The van der Waals surface area contributed by atoms with E-state index in [1.807, 2.05) is 6.08 Å². The maximum atomic E-state index is 11.2. The molecule has 4 heteroatoms. The van der Waals surface area contributed by atoms with E-state index in [9.17, 15) is 4.79 Å². The zero-order chi connectivity index (χ0) is 11.8. The second-order valence-electron chi connectivity index (χ2n) is 3.15. The molecule has 0 amide bonds. The molecular weight excluding hydrogens is 206 g/mol. The van der Waals surface area contributed by atoms with Crippen molar-refractivity contribution in [3.63, 3.8) is 0 Å². The highest BCUT2D eigenvalue weighted by Gasteiger charge is 2.06. The molecule has 1 aromatic rings. The number of pyridine rings is 1. The molecule has 0 fully saturated rings. The van der Waals surface area contributed by atoms with E-state index in [0.717, 1.165) is 12.8 Å². The van der Waals surface area contributed by atoms with Gasteiger partial charge in [-0.1, -0.05) is 6.08 Å². The first-order valence-corrected chi connectivity index (χ1v) is 5.06. The van der Waals surface area contributed by atoms with E-state index in [-0.39, 0.29) is 0 Å². The Morgan fingerprint density at radius 2 is 2.44 bits per heavy atom. The molecule has 0 radical (unpaired) electrons. The highest BCUT2D eigenvalue weighted by atomic mass is 16.5. The van der Waals surface area contributed by atoms with Gasteiger partial charge in [0.25, 0.3) is 0 Å². The number of nitrogens with zero attached hydrogens (tertiary/aromatic N) is 1. The third-order valence-corrected chi connectivity index (χ3v) is 1.96. The fourth-order valence-corrected chi connectivity index (χ4v) is 1.14. The van der Waals surface area contributed by atoms with Crippen LogP contribution in [0.3, 0.4) is 0 Å². The fourth-order valence-electron chi connectivity index (χ4n) is 1.14. The normalized spacial score (nSPS) is 9.56. The van der Waals surface area contributed by atoms with E-state index in [2.05, 4.69) is 16.3 Å². The number of carbonyl (C=O) groups excluding carboxylic acids is 1. The van der Waals surface area contributed by atoms with Crippen LogP contribution in [0.4, 0.5) is 0 Å². The smallest absolute Gasteiger partial charge is 0.338 e. The summed E-state index contributed by atoms with van der Waals surface area (Å²) >= 11 is 0. The fraction of sp³-hybridized carbons (Fsp3) is 0.333. The van der Waals surface area contributed by atoms with Crippen LogP contribution in [0.1, 0.15) is 23.2 Å². The second-order valence-corrected chi connectivity index (χ2v) is 3.15. The van der Waals surface area contributed by atoms with Crippen molar-refractivity contribution in [3.8, 4) is 5.88 Å². The minimum Gasteiger partial charge on any atom is -0.478 e. The van der Waals surface area contributed by atoms with Crippen molar-refractivity contribution >= 4 is 5.97 Å². The number of hydrogen-bond acceptors (Lipinski definition) is 4. The van der Waals surface area contributed by atoms with Crippen molar-refractivity contribution in [3.05, 3.63) is 36.5 Å². The third-order valence-electron chi connectivity index (χ3n) is 1.96. The number of aromatic nitrogens is 1. The zero-order valence-corrected chi connectivity index (χ0v) is 9.31. The van der Waals surface area contributed by atoms with Crippen molar-refractivity contribution in [2.24, 2.45) is 0 Å². The zero-order valence-electron chi connectivity index (χ0n) is 9.31. The molecule has 16 heavy (non-hydrogen) atoms. The van der Waals surface area contributed by atoms with Crippen LogP contribution in [0, 0.1) is 0 Å². The molecule has 86 valence electrons. The highest BCUT2D eigenvalue weighted by Crippen LogP contribution is 2.10. The van der Waals surface area contributed by atoms with Gasteiger partial charge in [-0.15, -0.1) is 6.58 Å². The molecule has 0 aromatic carbocycles. The molecule has 0 spiro atoms. The quantitative estimate of drug-likeness (QED) is 0.420. The number of methoxy groups -OCH3 is 1. The van der Waals surface area contributed by atoms with Crippen LogP contribution in [0.5, 0.6) is 5.88 Å². The van der Waals surface area contributed by atoms with Crippen LogP contribution in [-0.4, -0.2) is 24.7 Å². The standard InChI is InChI=1S/C12H15NO3/c1-3-4-5-8-16-11-9-10(6-7-13-11)12(14)15-2/h3,6-7,9H,1,4-5,8H2,2H3. The number of allylic oxidation sites excluding steroid dienone is 1. The Balaban J connectivity index is 2.53. The van der Waals surface area contributed by atoms with Gasteiger partial charge in [0.1, 0.15) is 0 Å². The van der Waals surface area contributed by atoms with Crippen molar-refractivity contribution in [1.82, 2.24) is 4.98 Å². The van der Waals surface area contributed by atoms with Crippen molar-refractivity contribution in [2.75, 3.05) is 13.7 Å². The lowest BCUT2D eigenvalue weighted by atomic mass is 10.3. The minimum absolute atomic E-state index is 0.390. The maximum absolute atomic E-state index is 11.2. The summed E-state index contributed by atoms with van der Waals surface area (Å²) < 4.78 is 9.98. The largest absolute Gasteiger partial charge is 0.478 e. The summed E-state index contributed by atoms with van der Waals surface area (Å²) in [6, 6.07) is 3.15. The summed E-state index contributed by atoms with van der Waals surface area (Å²) in [5.41, 5.74) is 0.441. The SMILES string of the molecule is C=CCCCOc1cc(C(=O)OC)ccn1. The molecule has 0 bridgehead atoms. The number of hydrogen-bond donors (Lipinski definition) is 0. The minimum atomic E-state index is -0.390. The van der Waals surface area contributed by atoms with Gasteiger partial charge in [-0.25, -0.2) is 9.78 Å². The van der Waals surface area contributed by atoms with Gasteiger partial charge in [0.05, 0.1) is 19.3 Å². The summed E-state index contributed by atoms with van der Waals surface area (Å²) in [5, 5.41) is 0. The van der Waals surface area contributed by atoms with E-state index in [1.54, 1.807) is 12.1 Å². The molecule has 4 nitrogen and oxygen atoms in total. The van der Waals surface area contributed by atoms with Crippen LogP contribution in [0.25, 0.3) is 0 Å². The molecule has 1 rings (SSSR count). The van der Waals surface area contributed by atoms with Crippen LogP contribution in [0.2, 0.25) is 0 Å². The topological polar surface area (TPSA) is 48.4 Å². The van der Waals surface area contributed by atoms with E-state index in [4.69, 9.17) is 4.74 Å². The second kappa shape index (κ2) is 6.61. The monoisotopic (exact) mass is 221 g/mol. The average Bonchev–Trinajstić information content (AvgIpc) is 2.34. The number of rotatable bonds is 6. The predicted molar refractivity (Wildman–Crippen MR) is 60.5 cm³/mol. The molecule has 1 aromatic heterocycles. The van der Waals surface area contributed by atoms with Gasteiger partial charge in [-0.05, 0) is 18.9 Å². The summed E-state index contributed by atoms with van der Waals surface area (Å²) in [4.78, 5) is 15.2. The summed E-state index contributed by atoms with van der Waals surface area (Å²) in [6.45, 7) is 4.18. The summed E-state index contributed by atoms with van der Waals surface area (Å²) in [5.74, 6) is 0.0466. The van der Waals surface area contributed by atoms with E-state index in [1.165, 1.54) is 13.3 Å². The molecule has 0 unspecified atom stereocenters. The van der Waals surface area contributed by atoms with Gasteiger partial charge >= 0.3 is 5.97 Å². The van der Waals surface area contributed by atoms with E-state index < -0.39 is 5.97 Å². The first-order chi connectivity index (χ1) is 7.77. The van der Waals surface area contributed by atoms with Gasteiger partial charge in [-0.3, -0.25) is 0 Å². The first-order valence-electron chi connectivity index (χ1n) is 5.06. The van der Waals surface area contributed by atoms with Crippen molar-refractivity contribution in [2.45, 2.75) is 12.8 Å². The molecular formula is C12H15NO3. The van der Waals surface area contributed by atoms with Gasteiger partial charge in [0, 0.05) is 12.3 Å². The lowest BCUT2D eigenvalue weighted by molar-refractivity contribution is 0.0600. The van der Waals surface area contributed by atoms with Crippen LogP contribution in [-0.2, 0) is 4.74 Å². The van der Waals surface area contributed by atoms with E-state index in [0.29, 0.717) is 18.1 Å². The average molecular weight is 221 g/mol. The van der Waals surface area contributed by atoms with Crippen molar-refractivity contribution < 1.29 is 14.3 Å². The lowest BCUT2D eigenvalue weighted by Gasteiger charge is -2.05. The molecule has 0 aliphatic carbocycles. The summed E-state index contributed by atoms with van der Waals surface area (Å²) in [7, 11) is 1.34. The number of esters is 1. The maximum Gasteiger partial charge on any atom is 0.338 e. The molecule has 1 heterocycles. The Morgan fingerprint density at radius 1 is 1.62 bits per heavy atom. The molecule has 0 N–H and O–H groups in total. The first kappa shape index (κ1) is 12.2. The molecule has 0 aliphatic heterocycles. The molecule has 0 saturated carbocycles. The molecule has 0 saturated heterocycles. The number of carbonyl (C=O) groups is 1. The Labute approximate surface area is 94.9 Å². The predicted octanol–water partition coefficient (Wildman–Crippen LogP) is 2.21. The van der Waals surface area contributed by atoms with Gasteiger partial charge in [0.2, 0.25) is 5.88 Å². The van der Waals surface area contributed by atoms with E-state index >= 15 is 0 Å².